The number of ether oxygens (including phenoxy) is 2. The van der Waals surface area contributed by atoms with Gasteiger partial charge in [-0.05, 0) is 63.6 Å². The van der Waals surface area contributed by atoms with Gasteiger partial charge in [0.2, 0.25) is 17.7 Å². The highest BCUT2D eigenvalue weighted by atomic mass is 16.5. The average Bonchev–Trinajstić information content (AvgIpc) is 3.91. The Hall–Kier alpha value is -3.81. The smallest absolute Gasteiger partial charge is 0.226 e. The molecular weight excluding hydrogens is 725 g/mol. The number of amides is 3. The third kappa shape index (κ3) is 12.8. The first-order chi connectivity index (χ1) is 27.0. The molecule has 0 aliphatic carbocycles. The second-order valence-corrected chi connectivity index (χ2v) is 16.8. The summed E-state index contributed by atoms with van der Waals surface area (Å²) in [6.45, 7) is 14.7. The molecule has 0 saturated carbocycles. The molecule has 0 radical (unpaired) electrons. The third-order valence-corrected chi connectivity index (χ3v) is 12.4. The number of nitrogens with zero attached hydrogens (tertiary/aromatic N) is 4. The van der Waals surface area contributed by atoms with Crippen molar-refractivity contribution in [1.82, 2.24) is 20.4 Å². The highest BCUT2D eigenvalue weighted by Crippen LogP contribution is 2.32. The molecule has 13 nitrogen and oxygen atoms in total. The molecule has 0 spiro atoms. The first kappa shape index (κ1) is 47.6. The number of methoxy groups -OCH3 is 2. The maximum atomic E-state index is 14.3. The highest BCUT2D eigenvalue weighted by Gasteiger charge is 2.43. The van der Waals surface area contributed by atoms with E-state index in [2.05, 4.69) is 34.7 Å². The monoisotopic (exact) mass is 795 g/mol. The largest absolute Gasteiger partial charge is 0.379 e. The van der Waals surface area contributed by atoms with E-state index in [0.717, 1.165) is 18.4 Å². The van der Waals surface area contributed by atoms with E-state index >= 15 is 0 Å². The fourth-order valence-corrected chi connectivity index (χ4v) is 8.14. The summed E-state index contributed by atoms with van der Waals surface area (Å²) in [5, 5.41) is 14.0. The van der Waals surface area contributed by atoms with E-state index in [1.165, 1.54) is 0 Å². The van der Waals surface area contributed by atoms with E-state index in [0.29, 0.717) is 31.6 Å². The van der Waals surface area contributed by atoms with Crippen LogP contribution in [0.3, 0.4) is 0 Å². The van der Waals surface area contributed by atoms with Gasteiger partial charge in [0.05, 0.1) is 55.0 Å². The maximum absolute atomic E-state index is 14.3. The van der Waals surface area contributed by atoms with Crippen LogP contribution in [0.5, 0.6) is 0 Å². The van der Waals surface area contributed by atoms with Crippen molar-refractivity contribution in [3.8, 4) is 0 Å². The summed E-state index contributed by atoms with van der Waals surface area (Å²) in [7, 11) is 6.64. The molecule has 2 N–H and O–H groups in total. The first-order valence-corrected chi connectivity index (χ1v) is 20.8. The number of benzene rings is 1. The van der Waals surface area contributed by atoms with Crippen molar-refractivity contribution in [1.29, 1.82) is 0 Å². The Morgan fingerprint density at radius 1 is 1.00 bits per heavy atom. The summed E-state index contributed by atoms with van der Waals surface area (Å²) < 4.78 is 12.1. The first-order valence-electron chi connectivity index (χ1n) is 20.8. The molecule has 1 aromatic carbocycles. The lowest BCUT2D eigenvalue weighted by Gasteiger charge is -2.41. The molecule has 1 aromatic rings. The van der Waals surface area contributed by atoms with Crippen LogP contribution in [-0.4, -0.2) is 117 Å². The number of likely N-dealkylation sites (N-methyl/N-ethyl adjacent to an activating group) is 2. The number of ketones is 2. The minimum Gasteiger partial charge on any atom is -0.379 e. The van der Waals surface area contributed by atoms with Crippen molar-refractivity contribution < 1.29 is 33.4 Å². The number of rotatable bonds is 24. The lowest BCUT2D eigenvalue weighted by Crippen LogP contribution is -2.54. The van der Waals surface area contributed by atoms with Gasteiger partial charge >= 0.3 is 0 Å². The van der Waals surface area contributed by atoms with Crippen LogP contribution in [-0.2, 0) is 39.9 Å². The van der Waals surface area contributed by atoms with Crippen LogP contribution in [0.2, 0.25) is 0 Å². The van der Waals surface area contributed by atoms with E-state index in [9.17, 15) is 24.0 Å². The lowest BCUT2D eigenvalue weighted by atomic mass is 9.83. The zero-order valence-electron chi connectivity index (χ0n) is 36.4. The standard InChI is InChI=1S/C44H70N6O7/c1-12-29(4)40(49(9)43(55)34(28(2)3)25-38(52)44(6,7)45-8)37(56-10)26-39(53)50-22-16-19-35(50)41(57-11)30(5)36(51)24-32(23-31-17-14-13-15-18-31)42(54)46-27-33-20-21-47-48-33/h13-15,17-18,20,28-30,32,34-35,37,40-41,45H,12,16,19,21-27H2,1-11H3,(H,46,54)/t29-,30-,32+,34-,35-,37+,40-,41+/m0/s1. The van der Waals surface area contributed by atoms with Crippen molar-refractivity contribution in [2.75, 3.05) is 47.9 Å². The Balaban J connectivity index is 1.78. The molecule has 57 heavy (non-hydrogen) atoms. The van der Waals surface area contributed by atoms with Crippen LogP contribution in [0.15, 0.2) is 52.3 Å². The Morgan fingerprint density at radius 3 is 2.25 bits per heavy atom. The second-order valence-electron chi connectivity index (χ2n) is 16.8. The number of Topliss-reactive ketones (excluding diaryl/α,β-unsaturated/α-hetero) is 2. The summed E-state index contributed by atoms with van der Waals surface area (Å²) in [4.78, 5) is 72.9. The third-order valence-electron chi connectivity index (χ3n) is 12.4. The molecule has 2 aliphatic heterocycles. The minimum absolute atomic E-state index is 0.00646. The number of hydrogen-bond acceptors (Lipinski definition) is 10. The number of nitrogens with one attached hydrogen (secondary N) is 2. The normalized spacial score (nSPS) is 19.3. The van der Waals surface area contributed by atoms with Crippen LogP contribution in [0.25, 0.3) is 0 Å². The van der Waals surface area contributed by atoms with Gasteiger partial charge in [-0.2, -0.15) is 10.2 Å². The topological polar surface area (TPSA) is 159 Å². The van der Waals surface area contributed by atoms with Crippen molar-refractivity contribution >= 4 is 29.3 Å². The lowest BCUT2D eigenvalue weighted by molar-refractivity contribution is -0.149. The van der Waals surface area contributed by atoms with Crippen molar-refractivity contribution in [3.63, 3.8) is 0 Å². The summed E-state index contributed by atoms with van der Waals surface area (Å²) in [6, 6.07) is 8.86. The van der Waals surface area contributed by atoms with Crippen molar-refractivity contribution in [3.05, 3.63) is 47.7 Å². The molecule has 3 rings (SSSR count). The fraction of sp³-hybridized carbons (Fsp3) is 0.705. The van der Waals surface area contributed by atoms with Crippen molar-refractivity contribution in [2.24, 2.45) is 39.8 Å². The minimum atomic E-state index is -0.767. The van der Waals surface area contributed by atoms with Crippen molar-refractivity contribution in [2.45, 2.75) is 123 Å². The van der Waals surface area contributed by atoms with Gasteiger partial charge in [0.1, 0.15) is 5.78 Å². The molecule has 0 bridgehead atoms. The Labute approximate surface area is 341 Å². The fourth-order valence-electron chi connectivity index (χ4n) is 8.14. The zero-order chi connectivity index (χ0) is 42.4. The second kappa shape index (κ2) is 22.4. The zero-order valence-corrected chi connectivity index (χ0v) is 36.4. The molecular formula is C44H70N6O7. The van der Waals surface area contributed by atoms with E-state index in [-0.39, 0.29) is 73.0 Å². The van der Waals surface area contributed by atoms with Gasteiger partial charge in [-0.15, -0.1) is 0 Å². The van der Waals surface area contributed by atoms with Gasteiger partial charge in [-0.1, -0.05) is 71.4 Å². The predicted molar refractivity (Wildman–Crippen MR) is 221 cm³/mol. The molecule has 0 aromatic heterocycles. The van der Waals surface area contributed by atoms with Gasteiger partial charge in [0.25, 0.3) is 0 Å². The van der Waals surface area contributed by atoms with Gasteiger partial charge < -0.3 is 29.9 Å². The SMILES string of the molecule is CC[C@H](C)[C@@H]([C@@H](CC(=O)N1CCC[C@H]1[C@H](OC)[C@@H](C)C(=O)C[C@@H](Cc1ccccc1)C(=O)NCC1=CCN=N1)OC)N(C)C(=O)[C@@H](CC(=O)C(C)(C)NC)C(C)C. The summed E-state index contributed by atoms with van der Waals surface area (Å²) in [6.07, 6.45) is 3.37. The van der Waals surface area contributed by atoms with E-state index in [1.54, 1.807) is 33.2 Å². The molecule has 318 valence electrons. The van der Waals surface area contributed by atoms with Gasteiger partial charge in [-0.25, -0.2) is 0 Å². The van der Waals surface area contributed by atoms with Crippen LogP contribution in [0.1, 0.15) is 92.6 Å². The number of hydrogen-bond donors (Lipinski definition) is 2. The highest BCUT2D eigenvalue weighted by molar-refractivity contribution is 5.92. The molecule has 2 heterocycles. The number of azo groups is 1. The molecule has 0 unspecified atom stereocenters. The van der Waals surface area contributed by atoms with Gasteiger partial charge in [0, 0.05) is 58.4 Å². The maximum Gasteiger partial charge on any atom is 0.226 e. The number of carbonyl (C=O) groups excluding carboxylic acids is 5. The Morgan fingerprint density at radius 2 is 1.68 bits per heavy atom. The number of likely N-dealkylation sites (tertiary alicyclic amines) is 1. The van der Waals surface area contributed by atoms with Gasteiger partial charge in [0.15, 0.2) is 5.78 Å². The van der Waals surface area contributed by atoms with Crippen LogP contribution >= 0.6 is 0 Å². The Kier molecular flexibility index (Phi) is 18.7. The van der Waals surface area contributed by atoms with E-state index in [4.69, 9.17) is 9.47 Å². The van der Waals surface area contributed by atoms with E-state index in [1.807, 2.05) is 75.9 Å². The van der Waals surface area contributed by atoms with Crippen LogP contribution in [0, 0.1) is 29.6 Å². The Bertz CT molecular complexity index is 1560. The summed E-state index contributed by atoms with van der Waals surface area (Å²) >= 11 is 0. The molecule has 8 atom stereocenters. The quantitative estimate of drug-likeness (QED) is 0.141. The van der Waals surface area contributed by atoms with Crippen LogP contribution in [0.4, 0.5) is 0 Å². The molecule has 1 saturated heterocycles. The van der Waals surface area contributed by atoms with Gasteiger partial charge in [-0.3, -0.25) is 24.0 Å². The predicted octanol–water partition coefficient (Wildman–Crippen LogP) is 5.42. The van der Waals surface area contributed by atoms with Crippen LogP contribution < -0.4 is 10.6 Å². The molecule has 2 aliphatic rings. The van der Waals surface area contributed by atoms with E-state index < -0.39 is 41.5 Å². The molecule has 1 fully saturated rings. The molecule has 3 amide bonds. The summed E-state index contributed by atoms with van der Waals surface area (Å²) in [5.74, 6) is -2.48. The summed E-state index contributed by atoms with van der Waals surface area (Å²) in [5.41, 5.74) is 0.879. The number of carbonyl (C=O) groups is 5. The molecule has 13 heteroatoms. The average molecular weight is 795 g/mol.